The molecular formula is C24H25N3O6S. The van der Waals surface area contributed by atoms with E-state index in [0.29, 0.717) is 36.4 Å². The summed E-state index contributed by atoms with van der Waals surface area (Å²) in [6.45, 7) is 3.61. The number of carbonyl (C=O) groups excluding carboxylic acids is 1. The Morgan fingerprint density at radius 2 is 1.65 bits per heavy atom. The van der Waals surface area contributed by atoms with Crippen molar-refractivity contribution in [2.24, 2.45) is 0 Å². The van der Waals surface area contributed by atoms with Crippen molar-refractivity contribution in [2.45, 2.75) is 18.2 Å². The Morgan fingerprint density at radius 3 is 2.38 bits per heavy atom. The average Bonchev–Trinajstić information content (AvgIpc) is 3.10. The molecule has 0 atom stereocenters. The number of piperazine rings is 1. The number of carbonyl (C=O) groups is 1. The van der Waals surface area contributed by atoms with Crippen molar-refractivity contribution in [3.05, 3.63) is 60.0 Å². The highest BCUT2D eigenvalue weighted by Crippen LogP contribution is 2.33. The van der Waals surface area contributed by atoms with E-state index in [4.69, 9.17) is 13.9 Å². The fraction of sp³-hybridized carbons (Fsp3) is 0.333. The van der Waals surface area contributed by atoms with Crippen molar-refractivity contribution in [1.29, 1.82) is 0 Å². The summed E-state index contributed by atoms with van der Waals surface area (Å²) in [5, 5.41) is 0. The van der Waals surface area contributed by atoms with Gasteiger partial charge in [0.25, 0.3) is 5.91 Å². The third-order valence-corrected chi connectivity index (χ3v) is 7.80. The summed E-state index contributed by atoms with van der Waals surface area (Å²) < 4.78 is 44.8. The largest absolute Gasteiger partial charge is 0.490 e. The highest BCUT2D eigenvalue weighted by atomic mass is 32.2. The summed E-state index contributed by atoms with van der Waals surface area (Å²) in [5.41, 5.74) is 1.04. The number of sulfonamides is 1. The smallest absolute Gasteiger partial charge is 0.276 e. The second-order valence-corrected chi connectivity index (χ2v) is 10.1. The molecule has 2 aliphatic rings. The molecule has 2 aliphatic heterocycles. The molecule has 0 spiro atoms. The Labute approximate surface area is 198 Å². The van der Waals surface area contributed by atoms with E-state index in [1.807, 2.05) is 30.3 Å². The molecule has 5 rings (SSSR count). The van der Waals surface area contributed by atoms with Gasteiger partial charge in [-0.25, -0.2) is 13.4 Å². The molecule has 2 aromatic carbocycles. The predicted molar refractivity (Wildman–Crippen MR) is 123 cm³/mol. The van der Waals surface area contributed by atoms with Gasteiger partial charge in [-0.1, -0.05) is 18.2 Å². The normalized spacial score (nSPS) is 16.8. The number of ether oxygens (including phenoxy) is 2. The van der Waals surface area contributed by atoms with E-state index < -0.39 is 10.0 Å². The lowest BCUT2D eigenvalue weighted by molar-refractivity contribution is 0.0691. The fourth-order valence-electron chi connectivity index (χ4n) is 4.03. The standard InChI is InChI=1S/C24H25N3O6S/c1-17-22(25-23(33-17)18-6-3-2-4-7-18)24(28)26-10-12-27(13-11-26)34(29,30)19-8-9-20-21(16-19)32-15-5-14-31-20/h2-4,6-9,16H,5,10-15H2,1H3. The maximum Gasteiger partial charge on any atom is 0.276 e. The van der Waals surface area contributed by atoms with Gasteiger partial charge in [0.2, 0.25) is 15.9 Å². The molecule has 0 bridgehead atoms. The number of hydrogen-bond acceptors (Lipinski definition) is 7. The van der Waals surface area contributed by atoms with Gasteiger partial charge in [-0.2, -0.15) is 4.31 Å². The summed E-state index contributed by atoms with van der Waals surface area (Å²) in [6.07, 6.45) is 0.741. The molecule has 34 heavy (non-hydrogen) atoms. The van der Waals surface area contributed by atoms with Gasteiger partial charge >= 0.3 is 0 Å². The highest BCUT2D eigenvalue weighted by molar-refractivity contribution is 7.89. The van der Waals surface area contributed by atoms with Crippen molar-refractivity contribution in [3.63, 3.8) is 0 Å². The minimum Gasteiger partial charge on any atom is -0.490 e. The fourth-order valence-corrected chi connectivity index (χ4v) is 5.47. The number of hydrogen-bond donors (Lipinski definition) is 0. The third kappa shape index (κ3) is 4.26. The SMILES string of the molecule is Cc1oc(-c2ccccc2)nc1C(=O)N1CCN(S(=O)(=O)c2ccc3c(c2)OCCCO3)CC1. The second-order valence-electron chi connectivity index (χ2n) is 8.15. The van der Waals surface area contributed by atoms with Gasteiger partial charge in [-0.3, -0.25) is 4.79 Å². The first kappa shape index (κ1) is 22.4. The van der Waals surface area contributed by atoms with Gasteiger partial charge in [0.15, 0.2) is 17.2 Å². The number of aromatic nitrogens is 1. The highest BCUT2D eigenvalue weighted by Gasteiger charge is 2.33. The summed E-state index contributed by atoms with van der Waals surface area (Å²) >= 11 is 0. The minimum atomic E-state index is -3.74. The molecule has 0 N–H and O–H groups in total. The van der Waals surface area contributed by atoms with Crippen LogP contribution in [0.4, 0.5) is 0 Å². The molecular weight excluding hydrogens is 458 g/mol. The molecule has 1 fully saturated rings. The molecule has 9 nitrogen and oxygen atoms in total. The number of aryl methyl sites for hydroxylation is 1. The average molecular weight is 484 g/mol. The van der Waals surface area contributed by atoms with Crippen LogP contribution < -0.4 is 9.47 Å². The summed E-state index contributed by atoms with van der Waals surface area (Å²) in [7, 11) is -3.74. The maximum atomic E-state index is 13.2. The number of nitrogens with zero attached hydrogens (tertiary/aromatic N) is 3. The molecule has 1 aromatic heterocycles. The van der Waals surface area contributed by atoms with E-state index in [1.165, 1.54) is 16.4 Å². The number of benzene rings is 2. The maximum absolute atomic E-state index is 13.2. The van der Waals surface area contributed by atoms with E-state index in [-0.39, 0.29) is 42.7 Å². The molecule has 1 saturated heterocycles. The Bertz CT molecular complexity index is 1300. The van der Waals surface area contributed by atoms with Crippen LogP contribution in [0.2, 0.25) is 0 Å². The minimum absolute atomic E-state index is 0.149. The first-order valence-corrected chi connectivity index (χ1v) is 12.6. The van der Waals surface area contributed by atoms with Crippen LogP contribution >= 0.6 is 0 Å². The summed E-state index contributed by atoms with van der Waals surface area (Å²) in [5.74, 6) is 1.53. The van der Waals surface area contributed by atoms with Crippen LogP contribution in [-0.2, 0) is 10.0 Å². The van der Waals surface area contributed by atoms with Crippen LogP contribution in [0.25, 0.3) is 11.5 Å². The molecule has 10 heteroatoms. The van der Waals surface area contributed by atoms with Crippen molar-refractivity contribution in [1.82, 2.24) is 14.2 Å². The number of oxazole rings is 1. The van der Waals surface area contributed by atoms with Gasteiger partial charge in [-0.05, 0) is 31.2 Å². The van der Waals surface area contributed by atoms with Gasteiger partial charge in [0, 0.05) is 44.2 Å². The zero-order valence-electron chi connectivity index (χ0n) is 18.8. The second kappa shape index (κ2) is 9.11. The quantitative estimate of drug-likeness (QED) is 0.562. The van der Waals surface area contributed by atoms with E-state index in [2.05, 4.69) is 4.98 Å². The number of rotatable bonds is 4. The molecule has 178 valence electrons. The third-order valence-electron chi connectivity index (χ3n) is 5.90. The van der Waals surface area contributed by atoms with Crippen molar-refractivity contribution in [2.75, 3.05) is 39.4 Å². The predicted octanol–water partition coefficient (Wildman–Crippen LogP) is 2.96. The summed E-state index contributed by atoms with van der Waals surface area (Å²) in [4.78, 5) is 19.3. The molecule has 3 heterocycles. The van der Waals surface area contributed by atoms with Crippen LogP contribution in [0.1, 0.15) is 22.7 Å². The summed E-state index contributed by atoms with van der Waals surface area (Å²) in [6, 6.07) is 14.0. The first-order valence-electron chi connectivity index (χ1n) is 11.2. The van der Waals surface area contributed by atoms with E-state index in [9.17, 15) is 13.2 Å². The molecule has 0 saturated carbocycles. The van der Waals surface area contributed by atoms with Crippen molar-refractivity contribution in [3.8, 4) is 23.0 Å². The first-order chi connectivity index (χ1) is 16.4. The Balaban J connectivity index is 1.28. The zero-order chi connectivity index (χ0) is 23.7. The van der Waals surface area contributed by atoms with E-state index >= 15 is 0 Å². The van der Waals surface area contributed by atoms with E-state index in [0.717, 1.165) is 12.0 Å². The van der Waals surface area contributed by atoms with Crippen LogP contribution in [0, 0.1) is 6.92 Å². The Kier molecular flexibility index (Phi) is 6.01. The Morgan fingerprint density at radius 1 is 0.941 bits per heavy atom. The van der Waals surface area contributed by atoms with Gasteiger partial charge in [0.05, 0.1) is 18.1 Å². The molecule has 3 aromatic rings. The topological polar surface area (TPSA) is 102 Å². The van der Waals surface area contributed by atoms with Gasteiger partial charge in [0.1, 0.15) is 5.76 Å². The van der Waals surface area contributed by atoms with Crippen molar-refractivity contribution < 1.29 is 27.1 Å². The zero-order valence-corrected chi connectivity index (χ0v) is 19.6. The van der Waals surface area contributed by atoms with Gasteiger partial charge < -0.3 is 18.8 Å². The number of amides is 1. The molecule has 0 radical (unpaired) electrons. The Hall–Kier alpha value is -3.37. The van der Waals surface area contributed by atoms with Crippen LogP contribution in [-0.4, -0.2) is 67.9 Å². The lowest BCUT2D eigenvalue weighted by Gasteiger charge is -2.33. The van der Waals surface area contributed by atoms with Crippen molar-refractivity contribution >= 4 is 15.9 Å². The van der Waals surface area contributed by atoms with Crippen LogP contribution in [0.5, 0.6) is 11.5 Å². The number of fused-ring (bicyclic) bond motifs is 1. The molecule has 1 amide bonds. The molecule has 0 unspecified atom stereocenters. The van der Waals surface area contributed by atoms with Crippen LogP contribution in [0.3, 0.4) is 0 Å². The van der Waals surface area contributed by atoms with E-state index in [1.54, 1.807) is 17.9 Å². The lowest BCUT2D eigenvalue weighted by atomic mass is 10.2. The monoisotopic (exact) mass is 483 g/mol. The lowest BCUT2D eigenvalue weighted by Crippen LogP contribution is -2.50. The molecule has 0 aliphatic carbocycles. The van der Waals surface area contributed by atoms with Crippen LogP contribution in [0.15, 0.2) is 57.8 Å². The van der Waals surface area contributed by atoms with Gasteiger partial charge in [-0.15, -0.1) is 0 Å².